The molecule has 0 saturated carbocycles. The molecule has 0 bridgehead atoms. The molecule has 3 nitrogen and oxygen atoms in total. The van der Waals surface area contributed by atoms with Crippen LogP contribution in [0.4, 0.5) is 0 Å². The number of fused-ring (bicyclic) bond motifs is 3. The highest BCUT2D eigenvalue weighted by Crippen LogP contribution is 2.31. The fourth-order valence-electron chi connectivity index (χ4n) is 3.18. The summed E-state index contributed by atoms with van der Waals surface area (Å²) in [6.45, 7) is 6.09. The van der Waals surface area contributed by atoms with Gasteiger partial charge in [0.2, 0.25) is 0 Å². The zero-order valence-electron chi connectivity index (χ0n) is 12.5. The average Bonchev–Trinajstić information content (AvgIpc) is 2.83. The van der Waals surface area contributed by atoms with E-state index in [1.165, 1.54) is 35.0 Å². The average molecular weight is 272 g/mol. The fraction of sp³-hybridized carbons (Fsp3) is 0.529. The van der Waals surface area contributed by atoms with Crippen LogP contribution in [-0.4, -0.2) is 24.2 Å². The first-order valence-corrected chi connectivity index (χ1v) is 7.81. The van der Waals surface area contributed by atoms with Crippen molar-refractivity contribution in [3.63, 3.8) is 0 Å². The summed E-state index contributed by atoms with van der Waals surface area (Å²) in [5, 5.41) is 5.00. The lowest BCUT2D eigenvalue weighted by Crippen LogP contribution is -2.34. The molecular formula is C17H24N2O. The SMILES string of the molecule is CCCNC1CCc2[nH]c3ccc(OCC)cc3c2C1. The third kappa shape index (κ3) is 2.55. The van der Waals surface area contributed by atoms with Crippen molar-refractivity contribution in [3.05, 3.63) is 29.5 Å². The highest BCUT2D eigenvalue weighted by molar-refractivity contribution is 5.86. The lowest BCUT2D eigenvalue weighted by atomic mass is 9.91. The molecule has 3 rings (SSSR count). The van der Waals surface area contributed by atoms with Gasteiger partial charge in [0.15, 0.2) is 0 Å². The van der Waals surface area contributed by atoms with Crippen molar-refractivity contribution < 1.29 is 4.74 Å². The Morgan fingerprint density at radius 2 is 2.25 bits per heavy atom. The summed E-state index contributed by atoms with van der Waals surface area (Å²) in [7, 11) is 0. The Morgan fingerprint density at radius 3 is 3.05 bits per heavy atom. The lowest BCUT2D eigenvalue weighted by Gasteiger charge is -2.23. The molecule has 1 unspecified atom stereocenters. The number of aromatic amines is 1. The van der Waals surface area contributed by atoms with Gasteiger partial charge < -0.3 is 15.0 Å². The van der Waals surface area contributed by atoms with Gasteiger partial charge in [-0.15, -0.1) is 0 Å². The maximum atomic E-state index is 5.64. The third-order valence-corrected chi connectivity index (χ3v) is 4.15. The predicted octanol–water partition coefficient (Wildman–Crippen LogP) is 3.42. The number of benzene rings is 1. The minimum atomic E-state index is 0.622. The number of hydrogen-bond donors (Lipinski definition) is 2. The Kier molecular flexibility index (Phi) is 3.97. The minimum Gasteiger partial charge on any atom is -0.494 e. The molecule has 20 heavy (non-hydrogen) atoms. The largest absolute Gasteiger partial charge is 0.494 e. The van der Waals surface area contributed by atoms with Crippen molar-refractivity contribution in [3.8, 4) is 5.75 Å². The van der Waals surface area contributed by atoms with Crippen LogP contribution in [0.15, 0.2) is 18.2 Å². The number of H-pyrrole nitrogens is 1. The van der Waals surface area contributed by atoms with Crippen LogP contribution in [-0.2, 0) is 12.8 Å². The Labute approximate surface area is 120 Å². The van der Waals surface area contributed by atoms with Gasteiger partial charge >= 0.3 is 0 Å². The zero-order valence-corrected chi connectivity index (χ0v) is 12.5. The second-order valence-corrected chi connectivity index (χ2v) is 5.62. The van der Waals surface area contributed by atoms with Crippen molar-refractivity contribution in [2.24, 2.45) is 0 Å². The zero-order chi connectivity index (χ0) is 13.9. The highest BCUT2D eigenvalue weighted by atomic mass is 16.5. The van der Waals surface area contributed by atoms with Crippen LogP contribution in [0.2, 0.25) is 0 Å². The van der Waals surface area contributed by atoms with E-state index in [1.807, 2.05) is 6.92 Å². The van der Waals surface area contributed by atoms with E-state index in [0.717, 1.165) is 31.7 Å². The molecule has 0 fully saturated rings. The molecule has 1 aromatic heterocycles. The molecule has 0 aliphatic heterocycles. The maximum absolute atomic E-state index is 5.64. The third-order valence-electron chi connectivity index (χ3n) is 4.15. The summed E-state index contributed by atoms with van der Waals surface area (Å²) in [6.07, 6.45) is 4.71. The van der Waals surface area contributed by atoms with E-state index in [0.29, 0.717) is 6.04 Å². The van der Waals surface area contributed by atoms with Gasteiger partial charge in [0, 0.05) is 22.6 Å². The van der Waals surface area contributed by atoms with Crippen LogP contribution in [0.5, 0.6) is 5.75 Å². The lowest BCUT2D eigenvalue weighted by molar-refractivity contribution is 0.340. The van der Waals surface area contributed by atoms with Gasteiger partial charge in [-0.3, -0.25) is 0 Å². The maximum Gasteiger partial charge on any atom is 0.120 e. The molecule has 1 aliphatic rings. The van der Waals surface area contributed by atoms with Crippen LogP contribution in [0, 0.1) is 0 Å². The minimum absolute atomic E-state index is 0.622. The van der Waals surface area contributed by atoms with Gasteiger partial charge in [0.05, 0.1) is 6.61 Å². The molecule has 1 aliphatic carbocycles. The monoisotopic (exact) mass is 272 g/mol. The number of nitrogens with one attached hydrogen (secondary N) is 2. The van der Waals surface area contributed by atoms with Crippen molar-refractivity contribution in [1.29, 1.82) is 0 Å². The fourth-order valence-corrected chi connectivity index (χ4v) is 3.18. The van der Waals surface area contributed by atoms with Crippen molar-refractivity contribution in [2.75, 3.05) is 13.2 Å². The molecule has 0 radical (unpaired) electrons. The first-order valence-electron chi connectivity index (χ1n) is 7.81. The molecule has 0 amide bonds. The number of hydrogen-bond acceptors (Lipinski definition) is 2. The quantitative estimate of drug-likeness (QED) is 0.875. The molecule has 0 spiro atoms. The van der Waals surface area contributed by atoms with Crippen LogP contribution >= 0.6 is 0 Å². The van der Waals surface area contributed by atoms with E-state index < -0.39 is 0 Å². The van der Waals surface area contributed by atoms with Gasteiger partial charge in [-0.05, 0) is 62.9 Å². The number of rotatable bonds is 5. The Hall–Kier alpha value is -1.48. The summed E-state index contributed by atoms with van der Waals surface area (Å²) in [5.74, 6) is 0.977. The predicted molar refractivity (Wildman–Crippen MR) is 83.6 cm³/mol. The molecule has 1 heterocycles. The van der Waals surface area contributed by atoms with Crippen LogP contribution in [0.3, 0.4) is 0 Å². The Bertz CT molecular complexity index is 588. The van der Waals surface area contributed by atoms with E-state index in [-0.39, 0.29) is 0 Å². The van der Waals surface area contributed by atoms with Gasteiger partial charge in [-0.2, -0.15) is 0 Å². The van der Waals surface area contributed by atoms with Crippen LogP contribution in [0.25, 0.3) is 10.9 Å². The van der Waals surface area contributed by atoms with E-state index in [1.54, 1.807) is 0 Å². The summed E-state index contributed by atoms with van der Waals surface area (Å²) in [5.41, 5.74) is 4.15. The van der Waals surface area contributed by atoms with Gasteiger partial charge in [-0.25, -0.2) is 0 Å². The number of aromatic nitrogens is 1. The van der Waals surface area contributed by atoms with Crippen LogP contribution in [0.1, 0.15) is 37.9 Å². The second-order valence-electron chi connectivity index (χ2n) is 5.62. The van der Waals surface area contributed by atoms with Crippen molar-refractivity contribution >= 4 is 10.9 Å². The van der Waals surface area contributed by atoms with Gasteiger partial charge in [0.25, 0.3) is 0 Å². The molecule has 1 atom stereocenters. The van der Waals surface area contributed by atoms with E-state index >= 15 is 0 Å². The normalized spacial score (nSPS) is 18.2. The number of ether oxygens (including phenoxy) is 1. The Morgan fingerprint density at radius 1 is 1.35 bits per heavy atom. The van der Waals surface area contributed by atoms with Crippen molar-refractivity contribution in [2.45, 2.75) is 45.6 Å². The molecule has 0 saturated heterocycles. The van der Waals surface area contributed by atoms with E-state index in [9.17, 15) is 0 Å². The first-order chi connectivity index (χ1) is 9.81. The summed E-state index contributed by atoms with van der Waals surface area (Å²) in [4.78, 5) is 3.58. The molecule has 2 aromatic rings. The molecule has 3 heteroatoms. The standard InChI is InChI=1S/C17H24N2O/c1-3-9-18-12-5-7-16-14(10-12)15-11-13(20-4-2)6-8-17(15)19-16/h6,8,11-12,18-19H,3-5,7,9-10H2,1-2H3. The summed E-state index contributed by atoms with van der Waals surface area (Å²) >= 11 is 0. The van der Waals surface area contributed by atoms with Gasteiger partial charge in [0.1, 0.15) is 5.75 Å². The number of aryl methyl sites for hydroxylation is 1. The Balaban J connectivity index is 1.90. The molecule has 108 valence electrons. The molecular weight excluding hydrogens is 248 g/mol. The summed E-state index contributed by atoms with van der Waals surface area (Å²) < 4.78 is 5.64. The second kappa shape index (κ2) is 5.88. The van der Waals surface area contributed by atoms with Crippen molar-refractivity contribution in [1.82, 2.24) is 10.3 Å². The first kappa shape index (κ1) is 13.5. The van der Waals surface area contributed by atoms with E-state index in [2.05, 4.69) is 35.4 Å². The topological polar surface area (TPSA) is 37.0 Å². The smallest absolute Gasteiger partial charge is 0.120 e. The summed E-state index contributed by atoms with van der Waals surface area (Å²) in [6, 6.07) is 7.02. The van der Waals surface area contributed by atoms with Gasteiger partial charge in [-0.1, -0.05) is 6.92 Å². The highest BCUT2D eigenvalue weighted by Gasteiger charge is 2.22. The molecule has 2 N–H and O–H groups in total. The van der Waals surface area contributed by atoms with Crippen LogP contribution < -0.4 is 10.1 Å². The van der Waals surface area contributed by atoms with E-state index in [4.69, 9.17) is 4.74 Å². The molecule has 1 aromatic carbocycles.